The summed E-state index contributed by atoms with van der Waals surface area (Å²) in [6.45, 7) is 6.24. The van der Waals surface area contributed by atoms with Gasteiger partial charge in [0.05, 0.1) is 15.5 Å². The molecule has 9 heteroatoms. The lowest BCUT2D eigenvalue weighted by atomic mass is 10.1. The predicted molar refractivity (Wildman–Crippen MR) is 107 cm³/mol. The summed E-state index contributed by atoms with van der Waals surface area (Å²) >= 11 is 6.06. The van der Waals surface area contributed by atoms with E-state index in [1.165, 1.54) is 22.5 Å². The Labute approximate surface area is 171 Å². The van der Waals surface area contributed by atoms with Gasteiger partial charge in [-0.15, -0.1) is 0 Å². The zero-order valence-electron chi connectivity index (χ0n) is 16.4. The molecule has 1 N–H and O–H groups in total. The third-order valence-electron chi connectivity index (χ3n) is 4.83. The summed E-state index contributed by atoms with van der Waals surface area (Å²) in [5, 5.41) is 2.80. The highest BCUT2D eigenvalue weighted by molar-refractivity contribution is 7.89. The minimum Gasteiger partial charge on any atom is -0.452 e. The van der Waals surface area contributed by atoms with Crippen LogP contribution in [0.15, 0.2) is 23.1 Å². The summed E-state index contributed by atoms with van der Waals surface area (Å²) in [5.41, 5.74) is -0.0792. The Hall–Kier alpha value is -1.64. The summed E-state index contributed by atoms with van der Waals surface area (Å²) < 4.78 is 32.0. The van der Waals surface area contributed by atoms with E-state index in [2.05, 4.69) is 5.32 Å². The summed E-state index contributed by atoms with van der Waals surface area (Å²) in [7, 11) is -3.70. The van der Waals surface area contributed by atoms with E-state index in [0.29, 0.717) is 13.1 Å². The highest BCUT2D eigenvalue weighted by Crippen LogP contribution is 2.25. The fraction of sp³-hybridized carbons (Fsp3) is 0.579. The van der Waals surface area contributed by atoms with E-state index in [4.69, 9.17) is 16.3 Å². The molecule has 1 aliphatic rings. The number of nitrogens with zero attached hydrogens (tertiary/aromatic N) is 1. The van der Waals surface area contributed by atoms with Crippen LogP contribution in [0.25, 0.3) is 0 Å². The van der Waals surface area contributed by atoms with Crippen molar-refractivity contribution in [2.75, 3.05) is 19.7 Å². The maximum Gasteiger partial charge on any atom is 0.340 e. The van der Waals surface area contributed by atoms with Crippen LogP contribution < -0.4 is 5.32 Å². The molecule has 0 aromatic heterocycles. The molecule has 1 aliphatic heterocycles. The Morgan fingerprint density at radius 3 is 2.43 bits per heavy atom. The summed E-state index contributed by atoms with van der Waals surface area (Å²) in [4.78, 5) is 24.2. The zero-order chi connectivity index (χ0) is 20.9. The molecule has 1 heterocycles. The number of carbonyl (C=O) groups excluding carboxylic acids is 2. The van der Waals surface area contributed by atoms with Gasteiger partial charge in [0, 0.05) is 19.1 Å². The second-order valence-corrected chi connectivity index (χ2v) is 9.63. The van der Waals surface area contributed by atoms with E-state index in [1.807, 2.05) is 20.8 Å². The maximum absolute atomic E-state index is 12.8. The lowest BCUT2D eigenvalue weighted by Crippen LogP contribution is -2.38. The molecule has 1 aromatic rings. The molecule has 1 saturated heterocycles. The van der Waals surface area contributed by atoms with Crippen LogP contribution in [0.4, 0.5) is 0 Å². The zero-order valence-corrected chi connectivity index (χ0v) is 18.0. The third kappa shape index (κ3) is 5.68. The smallest absolute Gasteiger partial charge is 0.340 e. The van der Waals surface area contributed by atoms with E-state index < -0.39 is 28.5 Å². The molecule has 28 heavy (non-hydrogen) atoms. The number of benzene rings is 1. The summed E-state index contributed by atoms with van der Waals surface area (Å²) in [6.07, 6.45) is 2.62. The van der Waals surface area contributed by atoms with E-state index >= 15 is 0 Å². The molecular weight excluding hydrogens is 404 g/mol. The molecule has 0 radical (unpaired) electrons. The van der Waals surface area contributed by atoms with Crippen LogP contribution in [0.2, 0.25) is 5.02 Å². The van der Waals surface area contributed by atoms with Crippen molar-refractivity contribution in [3.8, 4) is 0 Å². The first kappa shape index (κ1) is 22.6. The van der Waals surface area contributed by atoms with Crippen molar-refractivity contribution in [2.45, 2.75) is 51.0 Å². The molecule has 7 nitrogen and oxygen atoms in total. The number of halogens is 1. The summed E-state index contributed by atoms with van der Waals surface area (Å²) in [5.74, 6) is -1.03. The topological polar surface area (TPSA) is 92.8 Å². The standard InChI is InChI=1S/C19H27ClN2O5S/c1-13(2)14(3)21-18(23)12-27-19(24)16-11-15(7-8-17(16)20)28(25,26)22-9-5-4-6-10-22/h7-8,11,13-14H,4-6,9-10,12H2,1-3H3,(H,21,23)/t14-/m0/s1. The highest BCUT2D eigenvalue weighted by atomic mass is 35.5. The van der Waals surface area contributed by atoms with Crippen molar-refractivity contribution in [3.05, 3.63) is 28.8 Å². The number of hydrogen-bond acceptors (Lipinski definition) is 5. The van der Waals surface area contributed by atoms with Gasteiger partial charge in [-0.2, -0.15) is 4.31 Å². The van der Waals surface area contributed by atoms with Crippen LogP contribution in [0.3, 0.4) is 0 Å². The number of ether oxygens (including phenoxy) is 1. The molecule has 156 valence electrons. The van der Waals surface area contributed by atoms with Gasteiger partial charge in [0.2, 0.25) is 10.0 Å². The molecule has 0 bridgehead atoms. The number of amides is 1. The van der Waals surface area contributed by atoms with Gasteiger partial charge in [-0.25, -0.2) is 13.2 Å². The fourth-order valence-electron chi connectivity index (χ4n) is 2.75. The van der Waals surface area contributed by atoms with Crippen molar-refractivity contribution in [1.29, 1.82) is 0 Å². The maximum atomic E-state index is 12.8. The molecule has 0 aliphatic carbocycles. The van der Waals surface area contributed by atoms with Crippen molar-refractivity contribution in [1.82, 2.24) is 9.62 Å². The van der Waals surface area contributed by atoms with E-state index in [0.717, 1.165) is 19.3 Å². The molecule has 0 unspecified atom stereocenters. The van der Waals surface area contributed by atoms with Crippen molar-refractivity contribution in [2.24, 2.45) is 5.92 Å². The van der Waals surface area contributed by atoms with E-state index in [1.54, 1.807) is 0 Å². The number of hydrogen-bond donors (Lipinski definition) is 1. The number of piperidine rings is 1. The normalized spacial score (nSPS) is 16.6. The van der Waals surface area contributed by atoms with Crippen molar-refractivity contribution < 1.29 is 22.7 Å². The highest BCUT2D eigenvalue weighted by Gasteiger charge is 2.27. The second-order valence-electron chi connectivity index (χ2n) is 7.28. The monoisotopic (exact) mass is 430 g/mol. The second kappa shape index (κ2) is 9.71. The number of sulfonamides is 1. The lowest BCUT2D eigenvalue weighted by molar-refractivity contribution is -0.125. The van der Waals surface area contributed by atoms with Crippen LogP contribution >= 0.6 is 11.6 Å². The first-order chi connectivity index (χ1) is 13.1. The minimum absolute atomic E-state index is 0.0105. The Bertz CT molecular complexity index is 820. The first-order valence-electron chi connectivity index (χ1n) is 9.39. The van der Waals surface area contributed by atoms with Gasteiger partial charge in [-0.1, -0.05) is 31.9 Å². The molecule has 1 amide bonds. The van der Waals surface area contributed by atoms with Crippen LogP contribution in [-0.4, -0.2) is 50.3 Å². The number of nitrogens with one attached hydrogen (secondary N) is 1. The Morgan fingerprint density at radius 2 is 1.82 bits per heavy atom. The van der Waals surface area contributed by atoms with Crippen molar-refractivity contribution >= 4 is 33.5 Å². The van der Waals surface area contributed by atoms with E-state index in [-0.39, 0.29) is 27.4 Å². The molecule has 1 aromatic carbocycles. The third-order valence-corrected chi connectivity index (χ3v) is 7.06. The quantitative estimate of drug-likeness (QED) is 0.671. The molecule has 1 atom stereocenters. The Kier molecular flexibility index (Phi) is 7.86. The van der Waals surface area contributed by atoms with Gasteiger partial charge in [0.1, 0.15) is 0 Å². The number of esters is 1. The van der Waals surface area contributed by atoms with Crippen molar-refractivity contribution in [3.63, 3.8) is 0 Å². The summed E-state index contributed by atoms with van der Waals surface area (Å²) in [6, 6.07) is 3.88. The Morgan fingerprint density at radius 1 is 1.18 bits per heavy atom. The average Bonchev–Trinajstić information content (AvgIpc) is 2.66. The largest absolute Gasteiger partial charge is 0.452 e. The minimum atomic E-state index is -3.70. The van der Waals surface area contributed by atoms with Crippen LogP contribution in [0, 0.1) is 5.92 Å². The van der Waals surface area contributed by atoms with Gasteiger partial charge in [-0.3, -0.25) is 4.79 Å². The van der Waals surface area contributed by atoms with E-state index in [9.17, 15) is 18.0 Å². The molecule has 2 rings (SSSR count). The van der Waals surface area contributed by atoms with Crippen LogP contribution in [0.1, 0.15) is 50.4 Å². The van der Waals surface area contributed by atoms with Gasteiger partial charge in [0.15, 0.2) is 6.61 Å². The Balaban J connectivity index is 2.10. The van der Waals surface area contributed by atoms with Crippen LogP contribution in [0.5, 0.6) is 0 Å². The molecule has 0 spiro atoms. The SMILES string of the molecule is CC(C)[C@H](C)NC(=O)COC(=O)c1cc(S(=O)(=O)N2CCCCC2)ccc1Cl. The average molecular weight is 431 g/mol. The van der Waals surface area contributed by atoms with Gasteiger partial charge < -0.3 is 10.1 Å². The van der Waals surface area contributed by atoms with Gasteiger partial charge >= 0.3 is 5.97 Å². The fourth-order valence-corrected chi connectivity index (χ4v) is 4.49. The van der Waals surface area contributed by atoms with Gasteiger partial charge in [0.25, 0.3) is 5.91 Å². The lowest BCUT2D eigenvalue weighted by Gasteiger charge is -2.26. The predicted octanol–water partition coefficient (Wildman–Crippen LogP) is 2.83. The van der Waals surface area contributed by atoms with Crippen LogP contribution in [-0.2, 0) is 19.6 Å². The molecular formula is C19H27ClN2O5S. The van der Waals surface area contributed by atoms with Gasteiger partial charge in [-0.05, 0) is 43.9 Å². The first-order valence-corrected chi connectivity index (χ1v) is 11.2. The molecule has 1 fully saturated rings. The number of carbonyl (C=O) groups is 2. The number of rotatable bonds is 7. The molecule has 0 saturated carbocycles.